The molecule has 0 aliphatic heterocycles. The molecule has 0 amide bonds. The molecule has 0 atom stereocenters. The van der Waals surface area contributed by atoms with Gasteiger partial charge in [0, 0.05) is 38.6 Å². The predicted molar refractivity (Wildman–Crippen MR) is 215 cm³/mol. The van der Waals surface area contributed by atoms with Gasteiger partial charge in [-0.1, -0.05) is 135 Å². The lowest BCUT2D eigenvalue weighted by molar-refractivity contribution is 0.660. The fraction of sp³-hybridized carbons (Fsp3) is 0.0625. The van der Waals surface area contributed by atoms with E-state index in [1.165, 1.54) is 44.1 Å². The monoisotopic (exact) mass is 666 g/mol. The minimum atomic E-state index is -0.106. The molecule has 0 radical (unpaired) electrons. The Morgan fingerprint density at radius 2 is 1.13 bits per heavy atom. The Kier molecular flexibility index (Phi) is 5.98. The van der Waals surface area contributed by atoms with Gasteiger partial charge in [0.25, 0.3) is 0 Å². The van der Waals surface area contributed by atoms with Gasteiger partial charge < -0.3 is 4.57 Å². The smallest absolute Gasteiger partial charge is 0.220 e. The Morgan fingerprint density at radius 3 is 1.96 bits per heavy atom. The molecule has 1 aliphatic carbocycles. The summed E-state index contributed by atoms with van der Waals surface area (Å²) in [7, 11) is 0. The van der Waals surface area contributed by atoms with Crippen LogP contribution in [-0.2, 0) is 5.41 Å². The molecule has 246 valence electrons. The Bertz CT molecular complexity index is 3030. The molecule has 52 heavy (non-hydrogen) atoms. The average Bonchev–Trinajstić information content (AvgIpc) is 3.90. The number of aromatic nitrogens is 4. The fourth-order valence-corrected chi connectivity index (χ4v) is 8.93. The van der Waals surface area contributed by atoms with E-state index in [0.717, 1.165) is 50.7 Å². The van der Waals surface area contributed by atoms with E-state index in [1.54, 1.807) is 0 Å². The first-order valence-electron chi connectivity index (χ1n) is 18.0. The highest BCUT2D eigenvalue weighted by Gasteiger charge is 2.37. The number of para-hydroxylation sites is 4. The Morgan fingerprint density at radius 1 is 0.481 bits per heavy atom. The maximum atomic E-state index is 5.66. The fourth-order valence-electron chi connectivity index (χ4n) is 8.93. The lowest BCUT2D eigenvalue weighted by atomic mass is 9.82. The average molecular weight is 667 g/mol. The van der Waals surface area contributed by atoms with Crippen molar-refractivity contribution in [3.63, 3.8) is 0 Å². The Hall–Kier alpha value is -6.65. The van der Waals surface area contributed by atoms with Crippen LogP contribution in [0.1, 0.15) is 25.0 Å². The molecular formula is C48H34N4. The van der Waals surface area contributed by atoms with E-state index in [0.29, 0.717) is 0 Å². The maximum Gasteiger partial charge on any atom is 0.220 e. The second-order valence-corrected chi connectivity index (χ2v) is 14.4. The first-order chi connectivity index (χ1) is 25.6. The molecular weight excluding hydrogens is 633 g/mol. The summed E-state index contributed by atoms with van der Waals surface area (Å²) in [6.45, 7) is 4.69. The highest BCUT2D eigenvalue weighted by Crippen LogP contribution is 2.51. The van der Waals surface area contributed by atoms with Crippen LogP contribution in [0.15, 0.2) is 170 Å². The number of fused-ring (bicyclic) bond motifs is 9. The number of imidazole rings is 2. The van der Waals surface area contributed by atoms with Crippen molar-refractivity contribution < 1.29 is 0 Å². The molecule has 0 bridgehead atoms. The number of nitrogens with zero attached hydrogens (tertiary/aromatic N) is 4. The van der Waals surface area contributed by atoms with Gasteiger partial charge in [0.15, 0.2) is 0 Å². The highest BCUT2D eigenvalue weighted by molar-refractivity contribution is 6.11. The summed E-state index contributed by atoms with van der Waals surface area (Å²) in [4.78, 5) is 5.66. The maximum absolute atomic E-state index is 5.66. The van der Waals surface area contributed by atoms with E-state index in [4.69, 9.17) is 4.98 Å². The van der Waals surface area contributed by atoms with Gasteiger partial charge in [-0.2, -0.15) is 0 Å². The minimum Gasteiger partial charge on any atom is -0.309 e. The van der Waals surface area contributed by atoms with Crippen molar-refractivity contribution in [3.05, 3.63) is 181 Å². The summed E-state index contributed by atoms with van der Waals surface area (Å²) in [6, 6.07) is 61.4. The Balaban J connectivity index is 1.24. The summed E-state index contributed by atoms with van der Waals surface area (Å²) < 4.78 is 7.14. The molecule has 4 heteroatoms. The molecule has 0 saturated carbocycles. The van der Waals surface area contributed by atoms with Crippen LogP contribution < -0.4 is 0 Å². The summed E-state index contributed by atoms with van der Waals surface area (Å²) in [5.41, 5.74) is 16.4. The van der Waals surface area contributed by atoms with Crippen molar-refractivity contribution in [2.75, 3.05) is 0 Å². The van der Waals surface area contributed by atoms with E-state index < -0.39 is 0 Å². The van der Waals surface area contributed by atoms with Crippen molar-refractivity contribution in [3.8, 4) is 45.0 Å². The van der Waals surface area contributed by atoms with E-state index >= 15 is 0 Å². The molecule has 0 unspecified atom stereocenters. The zero-order valence-electron chi connectivity index (χ0n) is 29.0. The van der Waals surface area contributed by atoms with Crippen molar-refractivity contribution in [1.29, 1.82) is 0 Å². The van der Waals surface area contributed by atoms with Crippen LogP contribution in [0, 0.1) is 0 Å². The van der Waals surface area contributed by atoms with Crippen molar-refractivity contribution >= 4 is 38.6 Å². The van der Waals surface area contributed by atoms with Gasteiger partial charge in [0.05, 0.1) is 39.1 Å². The number of rotatable bonds is 4. The zero-order chi connectivity index (χ0) is 34.6. The van der Waals surface area contributed by atoms with Gasteiger partial charge in [-0.15, -0.1) is 0 Å². The number of benzene rings is 7. The summed E-state index contributed by atoms with van der Waals surface area (Å²) in [5, 5.41) is 2.44. The van der Waals surface area contributed by atoms with Gasteiger partial charge in [-0.05, 0) is 65.2 Å². The predicted octanol–water partition coefficient (Wildman–Crippen LogP) is 12.0. The van der Waals surface area contributed by atoms with Gasteiger partial charge >= 0.3 is 0 Å². The molecule has 11 rings (SSSR count). The van der Waals surface area contributed by atoms with Crippen LogP contribution in [0.2, 0.25) is 0 Å². The van der Waals surface area contributed by atoms with Crippen LogP contribution in [0.5, 0.6) is 0 Å². The normalized spacial score (nSPS) is 13.3. The largest absolute Gasteiger partial charge is 0.309 e. The van der Waals surface area contributed by atoms with Crippen LogP contribution in [0.4, 0.5) is 0 Å². The molecule has 0 spiro atoms. The lowest BCUT2D eigenvalue weighted by Gasteiger charge is -2.21. The van der Waals surface area contributed by atoms with Crippen molar-refractivity contribution in [2.45, 2.75) is 19.3 Å². The first-order valence-corrected chi connectivity index (χ1v) is 18.0. The summed E-state index contributed by atoms with van der Waals surface area (Å²) in [6.07, 6.45) is 0. The molecule has 0 saturated heterocycles. The number of hydrogen-bond donors (Lipinski definition) is 0. The zero-order valence-corrected chi connectivity index (χ0v) is 29.0. The van der Waals surface area contributed by atoms with E-state index in [9.17, 15) is 0 Å². The molecule has 3 aromatic heterocycles. The second-order valence-electron chi connectivity index (χ2n) is 14.4. The minimum absolute atomic E-state index is 0.106. The van der Waals surface area contributed by atoms with Crippen LogP contribution in [-0.4, -0.2) is 18.5 Å². The molecule has 10 aromatic rings. The molecule has 3 heterocycles. The van der Waals surface area contributed by atoms with E-state index in [2.05, 4.69) is 197 Å². The third kappa shape index (κ3) is 3.89. The summed E-state index contributed by atoms with van der Waals surface area (Å²) >= 11 is 0. The molecule has 1 aliphatic rings. The standard InChI is InChI=1S/C48H34N4/c1-48(2)37-22-11-9-21-35(37)44-38(48)23-15-27-43(44)51-41-25-13-14-26-42(41)52-46(31-16-5-3-6-17-31)45(49-47(51)52)32-28-29-40-36(30-32)34-20-10-12-24-39(34)50(40)33-18-7-4-8-19-33/h3-30H,1-2H3. The highest BCUT2D eigenvalue weighted by atomic mass is 15.2. The van der Waals surface area contributed by atoms with Gasteiger partial charge in [0.1, 0.15) is 0 Å². The van der Waals surface area contributed by atoms with Gasteiger partial charge in [0.2, 0.25) is 5.78 Å². The molecule has 4 nitrogen and oxygen atoms in total. The van der Waals surface area contributed by atoms with Crippen LogP contribution in [0.25, 0.3) is 83.6 Å². The van der Waals surface area contributed by atoms with Crippen molar-refractivity contribution in [1.82, 2.24) is 18.5 Å². The van der Waals surface area contributed by atoms with Gasteiger partial charge in [-0.25, -0.2) is 4.98 Å². The molecule has 0 fully saturated rings. The third-order valence-electron chi connectivity index (χ3n) is 11.3. The topological polar surface area (TPSA) is 27.2 Å². The summed E-state index contributed by atoms with van der Waals surface area (Å²) in [5.74, 6) is 0.900. The SMILES string of the molecule is CC1(C)c2ccccc2-c2c(-n3c4ccccc4n4c(-c5ccccc5)c(-c5ccc6c(c5)c5ccccc5n6-c5ccccc5)nc34)cccc21. The van der Waals surface area contributed by atoms with Crippen molar-refractivity contribution in [2.24, 2.45) is 0 Å². The first kappa shape index (κ1) is 29.1. The number of hydrogen-bond acceptors (Lipinski definition) is 1. The van der Waals surface area contributed by atoms with Crippen LogP contribution >= 0.6 is 0 Å². The van der Waals surface area contributed by atoms with E-state index in [-0.39, 0.29) is 5.41 Å². The Labute approximate surface area is 301 Å². The third-order valence-corrected chi connectivity index (χ3v) is 11.3. The quantitative estimate of drug-likeness (QED) is 0.184. The van der Waals surface area contributed by atoms with E-state index in [1.807, 2.05) is 0 Å². The van der Waals surface area contributed by atoms with Gasteiger partial charge in [-0.3, -0.25) is 8.97 Å². The lowest BCUT2D eigenvalue weighted by Crippen LogP contribution is -2.15. The van der Waals surface area contributed by atoms with Crippen LogP contribution in [0.3, 0.4) is 0 Å². The molecule has 7 aromatic carbocycles. The second kappa shape index (κ2) is 10.7. The molecule has 0 N–H and O–H groups in total.